The molecule has 1 aliphatic carbocycles. The van der Waals surface area contributed by atoms with Gasteiger partial charge >= 0.3 is 12.1 Å². The minimum absolute atomic E-state index is 0.0962. The van der Waals surface area contributed by atoms with Crippen LogP contribution in [0.5, 0.6) is 0 Å². The Bertz CT molecular complexity index is 1050. The summed E-state index contributed by atoms with van der Waals surface area (Å²) in [5.41, 5.74) is 5.43. The summed E-state index contributed by atoms with van der Waals surface area (Å²) in [6.45, 7) is 3.91. The molecule has 1 aliphatic rings. The molecular weight excluding hydrogens is 464 g/mol. The van der Waals surface area contributed by atoms with Crippen LogP contribution in [0.3, 0.4) is 0 Å². The van der Waals surface area contributed by atoms with Gasteiger partial charge in [0.05, 0.1) is 0 Å². The van der Waals surface area contributed by atoms with Gasteiger partial charge in [-0.1, -0.05) is 60.2 Å². The van der Waals surface area contributed by atoms with Gasteiger partial charge in [-0.2, -0.15) is 11.8 Å². The quantitative estimate of drug-likeness (QED) is 0.394. The molecule has 2 aromatic carbocycles. The summed E-state index contributed by atoms with van der Waals surface area (Å²) in [5.74, 6) is -1.16. The van der Waals surface area contributed by atoms with Gasteiger partial charge in [0.2, 0.25) is 5.91 Å². The van der Waals surface area contributed by atoms with Gasteiger partial charge in [0.25, 0.3) is 0 Å². The highest BCUT2D eigenvalue weighted by Gasteiger charge is 2.30. The topological polar surface area (TPSA) is 105 Å². The average molecular weight is 497 g/mol. The van der Waals surface area contributed by atoms with Gasteiger partial charge in [0.1, 0.15) is 18.7 Å². The first-order valence-corrected chi connectivity index (χ1v) is 13.0. The van der Waals surface area contributed by atoms with Crippen LogP contribution >= 0.6 is 11.8 Å². The lowest BCUT2D eigenvalue weighted by atomic mass is 9.98. The van der Waals surface area contributed by atoms with Crippen molar-refractivity contribution < 1.29 is 24.2 Å². The second-order valence-electron chi connectivity index (χ2n) is 8.72. The van der Waals surface area contributed by atoms with Gasteiger partial charge in [-0.05, 0) is 61.0 Å². The van der Waals surface area contributed by atoms with Crippen molar-refractivity contribution >= 4 is 29.7 Å². The predicted octanol–water partition coefficient (Wildman–Crippen LogP) is 4.57. The summed E-state index contributed by atoms with van der Waals surface area (Å²) in [7, 11) is 0. The van der Waals surface area contributed by atoms with E-state index in [2.05, 4.69) is 22.8 Å². The molecule has 7 nitrogen and oxygen atoms in total. The number of rotatable bonds is 11. The Labute approximate surface area is 210 Å². The molecule has 8 heteroatoms. The van der Waals surface area contributed by atoms with Gasteiger partial charge in [-0.15, -0.1) is 0 Å². The smallest absolute Gasteiger partial charge is 0.407 e. The van der Waals surface area contributed by atoms with E-state index in [9.17, 15) is 19.5 Å². The fourth-order valence-electron chi connectivity index (χ4n) is 4.13. The van der Waals surface area contributed by atoms with E-state index in [0.29, 0.717) is 12.2 Å². The highest BCUT2D eigenvalue weighted by Crippen LogP contribution is 2.44. The van der Waals surface area contributed by atoms with Crippen molar-refractivity contribution in [2.45, 2.75) is 44.7 Å². The summed E-state index contributed by atoms with van der Waals surface area (Å²) in [6.07, 6.45) is 3.50. The molecule has 0 heterocycles. The number of carbonyl (C=O) groups excluding carboxylic acids is 2. The highest BCUT2D eigenvalue weighted by molar-refractivity contribution is 7.98. The summed E-state index contributed by atoms with van der Waals surface area (Å²) in [4.78, 5) is 37.2. The fourth-order valence-corrected chi connectivity index (χ4v) is 4.60. The summed E-state index contributed by atoms with van der Waals surface area (Å²) in [6, 6.07) is 14.1. The third-order valence-corrected chi connectivity index (χ3v) is 6.58. The number of carboxylic acid groups (broad SMARTS) is 1. The van der Waals surface area contributed by atoms with Crippen LogP contribution in [0.4, 0.5) is 4.79 Å². The lowest BCUT2D eigenvalue weighted by molar-refractivity contribution is -0.142. The number of amides is 2. The Balaban J connectivity index is 1.67. The number of nitrogens with one attached hydrogen (secondary N) is 2. The molecule has 0 spiro atoms. The Morgan fingerprint density at radius 3 is 2.14 bits per heavy atom. The maximum Gasteiger partial charge on any atom is 0.407 e. The minimum atomic E-state index is -1.10. The number of carboxylic acids is 1. The van der Waals surface area contributed by atoms with Crippen LogP contribution in [-0.4, -0.2) is 53.8 Å². The molecular formula is C27H32N2O5S. The van der Waals surface area contributed by atoms with Crippen LogP contribution in [0.2, 0.25) is 0 Å². The van der Waals surface area contributed by atoms with Gasteiger partial charge in [0, 0.05) is 5.92 Å². The largest absolute Gasteiger partial charge is 0.480 e. The average Bonchev–Trinajstić information content (AvgIpc) is 3.16. The van der Waals surface area contributed by atoms with E-state index in [1.807, 2.05) is 62.6 Å². The molecule has 0 aromatic heterocycles. The van der Waals surface area contributed by atoms with Crippen molar-refractivity contribution in [2.24, 2.45) is 0 Å². The molecule has 0 bridgehead atoms. The summed E-state index contributed by atoms with van der Waals surface area (Å²) < 4.78 is 5.57. The second-order valence-corrected chi connectivity index (χ2v) is 9.71. The maximum atomic E-state index is 12.9. The van der Waals surface area contributed by atoms with Crippen molar-refractivity contribution in [1.29, 1.82) is 0 Å². The zero-order chi connectivity index (χ0) is 25.4. The van der Waals surface area contributed by atoms with Crippen molar-refractivity contribution in [3.05, 3.63) is 71.3 Å². The zero-order valence-electron chi connectivity index (χ0n) is 20.2. The summed E-state index contributed by atoms with van der Waals surface area (Å²) >= 11 is 1.50. The number of fused-ring (bicyclic) bond motifs is 3. The molecule has 3 rings (SSSR count). The SMILES string of the molecule is CSCC[C@@H](NC(=O)C(CC=C(C)C)NC(=O)OCC1c2ccccc2-c2ccccc21)C(=O)O. The van der Waals surface area contributed by atoms with Crippen LogP contribution in [0.1, 0.15) is 43.7 Å². The summed E-state index contributed by atoms with van der Waals surface area (Å²) in [5, 5.41) is 14.6. The molecule has 0 radical (unpaired) electrons. The fraction of sp³-hybridized carbons (Fsp3) is 0.370. The molecule has 3 N–H and O–H groups in total. The normalized spacial score (nSPS) is 13.7. The number of alkyl carbamates (subject to hydrolysis) is 1. The van der Waals surface area contributed by atoms with E-state index in [1.54, 1.807) is 0 Å². The Morgan fingerprint density at radius 1 is 1.00 bits per heavy atom. The van der Waals surface area contributed by atoms with Crippen LogP contribution in [0.15, 0.2) is 60.2 Å². The maximum absolute atomic E-state index is 12.9. The number of hydrogen-bond donors (Lipinski definition) is 3. The number of ether oxygens (including phenoxy) is 1. The first kappa shape index (κ1) is 26.3. The van der Waals surface area contributed by atoms with E-state index in [-0.39, 0.29) is 18.9 Å². The number of allylic oxidation sites excluding steroid dienone is 1. The highest BCUT2D eigenvalue weighted by atomic mass is 32.2. The van der Waals surface area contributed by atoms with Gasteiger partial charge in [-0.3, -0.25) is 4.79 Å². The number of benzene rings is 2. The third kappa shape index (κ3) is 6.88. The first-order chi connectivity index (χ1) is 16.8. The van der Waals surface area contributed by atoms with Crippen LogP contribution in [0, 0.1) is 0 Å². The van der Waals surface area contributed by atoms with Crippen LogP contribution < -0.4 is 10.6 Å². The predicted molar refractivity (Wildman–Crippen MR) is 139 cm³/mol. The molecule has 2 aromatic rings. The molecule has 2 amide bonds. The molecule has 2 atom stereocenters. The van der Waals surface area contributed by atoms with Crippen molar-refractivity contribution in [1.82, 2.24) is 10.6 Å². The Morgan fingerprint density at radius 2 is 1.60 bits per heavy atom. The lowest BCUT2D eigenvalue weighted by Crippen LogP contribution is -2.51. The monoisotopic (exact) mass is 496 g/mol. The second kappa shape index (κ2) is 12.4. The molecule has 35 heavy (non-hydrogen) atoms. The minimum Gasteiger partial charge on any atom is -0.480 e. The van der Waals surface area contributed by atoms with E-state index in [1.165, 1.54) is 11.8 Å². The number of aliphatic carboxylic acids is 1. The first-order valence-electron chi connectivity index (χ1n) is 11.6. The molecule has 1 unspecified atom stereocenters. The van der Waals surface area contributed by atoms with E-state index >= 15 is 0 Å². The van der Waals surface area contributed by atoms with E-state index < -0.39 is 30.1 Å². The number of hydrogen-bond acceptors (Lipinski definition) is 5. The van der Waals surface area contributed by atoms with E-state index in [4.69, 9.17) is 4.74 Å². The molecule has 186 valence electrons. The lowest BCUT2D eigenvalue weighted by Gasteiger charge is -2.21. The molecule has 0 saturated carbocycles. The van der Waals surface area contributed by atoms with Gasteiger partial charge < -0.3 is 20.5 Å². The van der Waals surface area contributed by atoms with Crippen LogP contribution in [-0.2, 0) is 14.3 Å². The Kier molecular flexibility index (Phi) is 9.37. The molecule has 0 fully saturated rings. The van der Waals surface area contributed by atoms with Crippen LogP contribution in [0.25, 0.3) is 11.1 Å². The van der Waals surface area contributed by atoms with Crippen molar-refractivity contribution in [2.75, 3.05) is 18.6 Å². The van der Waals surface area contributed by atoms with Gasteiger partial charge in [0.15, 0.2) is 0 Å². The van der Waals surface area contributed by atoms with Gasteiger partial charge in [-0.25, -0.2) is 9.59 Å². The standard InChI is InChI=1S/C27H32N2O5S/c1-17(2)12-13-23(25(30)28-24(26(31)32)14-15-35-3)29-27(33)34-16-22-20-10-6-4-8-18(20)19-9-5-7-11-21(19)22/h4-12,22-24H,13-16H2,1-3H3,(H,28,30)(H,29,33)(H,31,32)/t23?,24-/m1/s1. The number of thioether (sulfide) groups is 1. The van der Waals surface area contributed by atoms with Crippen molar-refractivity contribution in [3.8, 4) is 11.1 Å². The van der Waals surface area contributed by atoms with Crippen molar-refractivity contribution in [3.63, 3.8) is 0 Å². The zero-order valence-corrected chi connectivity index (χ0v) is 21.1. The number of carbonyl (C=O) groups is 3. The third-order valence-electron chi connectivity index (χ3n) is 5.94. The molecule has 0 saturated heterocycles. The van der Waals surface area contributed by atoms with E-state index in [0.717, 1.165) is 27.8 Å². The molecule has 0 aliphatic heterocycles. The Hall–Kier alpha value is -3.26.